The molecule has 0 atom stereocenters. The minimum absolute atomic E-state index is 0.267. The fourth-order valence-corrected chi connectivity index (χ4v) is 3.20. The molecular weight excluding hydrogens is 394 g/mol. The molecule has 2 aromatic carbocycles. The van der Waals surface area contributed by atoms with E-state index in [-0.39, 0.29) is 12.5 Å². The molecule has 2 N–H and O–H groups in total. The van der Waals surface area contributed by atoms with Gasteiger partial charge in [0.2, 0.25) is 0 Å². The van der Waals surface area contributed by atoms with E-state index in [1.165, 1.54) is 7.11 Å². The zero-order valence-corrected chi connectivity index (χ0v) is 17.1. The van der Waals surface area contributed by atoms with Crippen molar-refractivity contribution in [3.8, 4) is 11.5 Å². The van der Waals surface area contributed by atoms with Crippen LogP contribution in [0.15, 0.2) is 55.0 Å². The first-order chi connectivity index (χ1) is 15.2. The Hall–Kier alpha value is -4.20. The van der Waals surface area contributed by atoms with E-state index in [1.807, 2.05) is 42.5 Å². The van der Waals surface area contributed by atoms with Crippen molar-refractivity contribution in [1.82, 2.24) is 25.5 Å². The number of methoxy groups -OCH3 is 2. The second-order valence-electron chi connectivity index (χ2n) is 6.66. The Bertz CT molecular complexity index is 1220. The minimum Gasteiger partial charge on any atom is -0.497 e. The van der Waals surface area contributed by atoms with Crippen LogP contribution in [0.2, 0.25) is 0 Å². The number of nitrogens with zero attached hydrogens (tertiary/aromatic N) is 3. The van der Waals surface area contributed by atoms with Crippen LogP contribution in [0.3, 0.4) is 0 Å². The average Bonchev–Trinajstić information content (AvgIpc) is 3.24. The monoisotopic (exact) mass is 415 g/mol. The van der Waals surface area contributed by atoms with Gasteiger partial charge in [-0.3, -0.25) is 19.9 Å². The summed E-state index contributed by atoms with van der Waals surface area (Å²) in [6, 6.07) is 11.2. The number of nitrogens with one attached hydrogen (secondary N) is 2. The molecular formula is C23H21N5O3. The number of hydrogen-bond donors (Lipinski definition) is 2. The van der Waals surface area contributed by atoms with Gasteiger partial charge in [0.05, 0.1) is 54.8 Å². The molecule has 0 radical (unpaired) electrons. The Morgan fingerprint density at radius 2 is 1.90 bits per heavy atom. The largest absolute Gasteiger partial charge is 0.497 e. The number of H-pyrrole nitrogens is 1. The van der Waals surface area contributed by atoms with E-state index < -0.39 is 0 Å². The van der Waals surface area contributed by atoms with Gasteiger partial charge in [-0.15, -0.1) is 0 Å². The van der Waals surface area contributed by atoms with Crippen molar-refractivity contribution in [2.24, 2.45) is 0 Å². The molecule has 0 bridgehead atoms. The molecule has 8 heteroatoms. The van der Waals surface area contributed by atoms with E-state index in [9.17, 15) is 4.79 Å². The molecule has 0 fully saturated rings. The molecule has 0 aliphatic carbocycles. The highest BCUT2D eigenvalue weighted by Crippen LogP contribution is 2.32. The van der Waals surface area contributed by atoms with Crippen LogP contribution < -0.4 is 14.8 Å². The summed E-state index contributed by atoms with van der Waals surface area (Å²) in [6.45, 7) is 0.267. The molecule has 4 aromatic rings. The number of aromatic amines is 1. The molecule has 156 valence electrons. The van der Waals surface area contributed by atoms with Crippen molar-refractivity contribution >= 4 is 29.0 Å². The number of amides is 1. The molecule has 31 heavy (non-hydrogen) atoms. The van der Waals surface area contributed by atoms with Gasteiger partial charge in [-0.25, -0.2) is 0 Å². The second-order valence-corrected chi connectivity index (χ2v) is 6.66. The molecule has 0 unspecified atom stereocenters. The van der Waals surface area contributed by atoms with Crippen LogP contribution in [-0.4, -0.2) is 40.3 Å². The summed E-state index contributed by atoms with van der Waals surface area (Å²) < 4.78 is 10.8. The smallest absolute Gasteiger partial charge is 0.255 e. The lowest BCUT2D eigenvalue weighted by atomic mass is 10.1. The quantitative estimate of drug-likeness (QED) is 0.479. The fraction of sp³-hybridized carbons (Fsp3) is 0.130. The van der Waals surface area contributed by atoms with Crippen molar-refractivity contribution in [3.63, 3.8) is 0 Å². The van der Waals surface area contributed by atoms with Gasteiger partial charge < -0.3 is 14.8 Å². The molecule has 2 heterocycles. The summed E-state index contributed by atoms with van der Waals surface area (Å²) in [4.78, 5) is 21.0. The number of ether oxygens (including phenoxy) is 2. The first-order valence-corrected chi connectivity index (χ1v) is 9.60. The third-order valence-electron chi connectivity index (χ3n) is 4.76. The number of benzene rings is 2. The van der Waals surface area contributed by atoms with Gasteiger partial charge in [-0.1, -0.05) is 18.2 Å². The Morgan fingerprint density at radius 1 is 1.06 bits per heavy atom. The molecule has 1 amide bonds. The summed E-state index contributed by atoms with van der Waals surface area (Å²) in [5, 5.41) is 11.0. The lowest BCUT2D eigenvalue weighted by Crippen LogP contribution is -2.24. The van der Waals surface area contributed by atoms with Crippen LogP contribution in [0.1, 0.15) is 27.3 Å². The number of rotatable bonds is 7. The summed E-state index contributed by atoms with van der Waals surface area (Å²) in [5.74, 6) is 0.981. The lowest BCUT2D eigenvalue weighted by Gasteiger charge is -2.10. The van der Waals surface area contributed by atoms with Gasteiger partial charge >= 0.3 is 0 Å². The first kappa shape index (κ1) is 20.1. The van der Waals surface area contributed by atoms with Crippen molar-refractivity contribution in [2.75, 3.05) is 14.2 Å². The molecule has 0 saturated carbocycles. The number of aromatic nitrogens is 4. The van der Waals surface area contributed by atoms with Crippen LogP contribution in [0, 0.1) is 0 Å². The van der Waals surface area contributed by atoms with Crippen LogP contribution in [0.5, 0.6) is 11.5 Å². The highest BCUT2D eigenvalue weighted by molar-refractivity contribution is 6.05. The SMILES string of the molecule is COc1ccc(C=Cc2n[nH]c3ccc(C(=O)NCc4cnccn4)c(OC)c23)cc1. The lowest BCUT2D eigenvalue weighted by molar-refractivity contribution is 0.0947. The third-order valence-corrected chi connectivity index (χ3v) is 4.76. The summed E-state index contributed by atoms with van der Waals surface area (Å²) in [5.41, 5.74) is 3.53. The van der Waals surface area contributed by atoms with E-state index >= 15 is 0 Å². The zero-order valence-electron chi connectivity index (χ0n) is 17.1. The molecule has 0 aliphatic heterocycles. The van der Waals surface area contributed by atoms with Gasteiger partial charge in [0.25, 0.3) is 5.91 Å². The normalized spacial score (nSPS) is 11.0. The predicted molar refractivity (Wildman–Crippen MR) is 118 cm³/mol. The highest BCUT2D eigenvalue weighted by Gasteiger charge is 2.18. The van der Waals surface area contributed by atoms with Crippen molar-refractivity contribution in [3.05, 3.63) is 77.5 Å². The maximum atomic E-state index is 12.8. The van der Waals surface area contributed by atoms with Crippen molar-refractivity contribution in [1.29, 1.82) is 0 Å². The van der Waals surface area contributed by atoms with Gasteiger partial charge in [0, 0.05) is 12.4 Å². The number of carbonyl (C=O) groups excluding carboxylic acids is 1. The summed E-state index contributed by atoms with van der Waals surface area (Å²) >= 11 is 0. The van der Waals surface area contributed by atoms with Gasteiger partial charge in [0.1, 0.15) is 11.5 Å². The van der Waals surface area contributed by atoms with E-state index in [0.717, 1.165) is 22.2 Å². The maximum absolute atomic E-state index is 12.8. The van der Waals surface area contributed by atoms with Crippen LogP contribution in [0.25, 0.3) is 23.1 Å². The molecule has 0 saturated heterocycles. The molecule has 0 spiro atoms. The molecule has 2 aromatic heterocycles. The van der Waals surface area contributed by atoms with Crippen molar-refractivity contribution in [2.45, 2.75) is 6.54 Å². The van der Waals surface area contributed by atoms with Crippen LogP contribution in [-0.2, 0) is 6.54 Å². The number of carbonyl (C=O) groups is 1. The van der Waals surface area contributed by atoms with Crippen LogP contribution in [0.4, 0.5) is 0 Å². The number of fused-ring (bicyclic) bond motifs is 1. The molecule has 4 rings (SSSR count). The summed E-state index contributed by atoms with van der Waals surface area (Å²) in [7, 11) is 3.17. The Balaban J connectivity index is 1.62. The van der Waals surface area contributed by atoms with Gasteiger partial charge in [0.15, 0.2) is 0 Å². The zero-order chi connectivity index (χ0) is 21.6. The van der Waals surface area contributed by atoms with Crippen molar-refractivity contribution < 1.29 is 14.3 Å². The minimum atomic E-state index is -0.268. The van der Waals surface area contributed by atoms with E-state index in [2.05, 4.69) is 25.5 Å². The Morgan fingerprint density at radius 3 is 2.61 bits per heavy atom. The topological polar surface area (TPSA) is 102 Å². The number of hydrogen-bond acceptors (Lipinski definition) is 6. The second kappa shape index (κ2) is 9.08. The summed E-state index contributed by atoms with van der Waals surface area (Å²) in [6.07, 6.45) is 8.60. The maximum Gasteiger partial charge on any atom is 0.255 e. The van der Waals surface area contributed by atoms with E-state index in [0.29, 0.717) is 22.7 Å². The van der Waals surface area contributed by atoms with Gasteiger partial charge in [-0.05, 0) is 35.9 Å². The Labute approximate surface area is 179 Å². The van der Waals surface area contributed by atoms with Gasteiger partial charge in [-0.2, -0.15) is 5.10 Å². The molecule has 8 nitrogen and oxygen atoms in total. The highest BCUT2D eigenvalue weighted by atomic mass is 16.5. The first-order valence-electron chi connectivity index (χ1n) is 9.60. The molecule has 0 aliphatic rings. The fourth-order valence-electron chi connectivity index (χ4n) is 3.20. The third kappa shape index (κ3) is 4.37. The van der Waals surface area contributed by atoms with E-state index in [4.69, 9.17) is 9.47 Å². The van der Waals surface area contributed by atoms with Crippen LogP contribution >= 0.6 is 0 Å². The van der Waals surface area contributed by atoms with E-state index in [1.54, 1.807) is 31.8 Å². The standard InChI is InChI=1S/C23H21N5O3/c1-30-17-6-3-15(4-7-17)5-9-19-21-20(28-27-19)10-8-18(22(21)31-2)23(29)26-14-16-13-24-11-12-25-16/h3-13H,14H2,1-2H3,(H,26,29)(H,27,28). The average molecular weight is 415 g/mol. The predicted octanol–water partition coefficient (Wildman–Crippen LogP) is 3.47. The Kier molecular flexibility index (Phi) is 5.89.